The average Bonchev–Trinajstić information content (AvgIpc) is 3.47. The molecule has 0 aliphatic carbocycles. The number of halogens is 2. The van der Waals surface area contributed by atoms with Crippen LogP contribution < -0.4 is 29.1 Å². The summed E-state index contributed by atoms with van der Waals surface area (Å²) < 4.78 is 25.7. The normalized spacial score (nSPS) is 16.3. The van der Waals surface area contributed by atoms with Crippen LogP contribution in [0.4, 0.5) is 0 Å². The Bertz CT molecular complexity index is 1640. The third-order valence-electron chi connectivity index (χ3n) is 6.16. The Balaban J connectivity index is 1.79. The Labute approximate surface area is 239 Å². The fourth-order valence-corrected chi connectivity index (χ4v) is 6.35. The summed E-state index contributed by atoms with van der Waals surface area (Å²) in [6.07, 6.45) is 3.11. The molecule has 3 aromatic rings. The minimum Gasteiger partial charge on any atom is -0.496 e. The topological polar surface area (TPSA) is 88.4 Å². The first-order valence-electron chi connectivity index (χ1n) is 12.0. The van der Waals surface area contributed by atoms with E-state index in [9.17, 15) is 9.59 Å². The second-order valence-electron chi connectivity index (χ2n) is 8.53. The number of thiazole rings is 1. The number of ether oxygens (including phenoxy) is 4. The molecule has 198 valence electrons. The molecule has 0 spiro atoms. The SMILES string of the molecule is CCCC1=C(C(=O)OCC)[C@H](c2cc(Br)ccc2OC)n2c(s/c(=C/c3cc4c(cc3Br)OCO4)c2=O)=N1. The van der Waals surface area contributed by atoms with Crippen LogP contribution in [-0.2, 0) is 9.53 Å². The van der Waals surface area contributed by atoms with Crippen molar-refractivity contribution in [1.29, 1.82) is 0 Å². The molecule has 0 saturated carbocycles. The van der Waals surface area contributed by atoms with Gasteiger partial charge in [0.15, 0.2) is 16.3 Å². The van der Waals surface area contributed by atoms with Crippen LogP contribution in [0.3, 0.4) is 0 Å². The van der Waals surface area contributed by atoms with Crippen LogP contribution in [-0.4, -0.2) is 31.0 Å². The van der Waals surface area contributed by atoms with Crippen LogP contribution in [0, 0.1) is 0 Å². The van der Waals surface area contributed by atoms with E-state index >= 15 is 0 Å². The Morgan fingerprint density at radius 3 is 2.68 bits per heavy atom. The maximum Gasteiger partial charge on any atom is 0.338 e. The molecule has 3 heterocycles. The molecule has 2 aromatic carbocycles. The number of methoxy groups -OCH3 is 1. The van der Waals surface area contributed by atoms with Crippen LogP contribution in [0.2, 0.25) is 0 Å². The first kappa shape index (κ1) is 26.7. The van der Waals surface area contributed by atoms with Crippen LogP contribution in [0.25, 0.3) is 6.08 Å². The highest BCUT2D eigenvalue weighted by Gasteiger charge is 2.36. The number of benzene rings is 2. The van der Waals surface area contributed by atoms with Gasteiger partial charge in [-0.1, -0.05) is 56.5 Å². The largest absolute Gasteiger partial charge is 0.496 e. The van der Waals surface area contributed by atoms with Gasteiger partial charge in [-0.15, -0.1) is 0 Å². The van der Waals surface area contributed by atoms with E-state index in [-0.39, 0.29) is 19.0 Å². The minimum atomic E-state index is -0.776. The van der Waals surface area contributed by atoms with E-state index in [2.05, 4.69) is 31.9 Å². The predicted molar refractivity (Wildman–Crippen MR) is 151 cm³/mol. The van der Waals surface area contributed by atoms with E-state index in [1.807, 2.05) is 31.2 Å². The fourth-order valence-electron chi connectivity index (χ4n) is 4.52. The van der Waals surface area contributed by atoms with Gasteiger partial charge in [-0.25, -0.2) is 9.79 Å². The number of esters is 1. The van der Waals surface area contributed by atoms with Gasteiger partial charge in [0, 0.05) is 14.5 Å². The van der Waals surface area contributed by atoms with Crippen molar-refractivity contribution < 1.29 is 23.7 Å². The lowest BCUT2D eigenvalue weighted by atomic mass is 9.93. The van der Waals surface area contributed by atoms with Gasteiger partial charge < -0.3 is 18.9 Å². The number of rotatable bonds is 7. The second kappa shape index (κ2) is 11.1. The summed E-state index contributed by atoms with van der Waals surface area (Å²) in [7, 11) is 1.56. The molecule has 0 amide bonds. The monoisotopic (exact) mass is 662 g/mol. The standard InChI is InChI=1S/C27H24Br2N2O6S/c1-4-6-18-23(26(33)35-5-2)24(16-11-15(28)7-8-19(16)34-3)31-25(32)22(38-27(31)30-18)10-14-9-20-21(12-17(14)29)37-13-36-20/h7-12,24H,4-6,13H2,1-3H3/b22-10+/t24-/m0/s1. The lowest BCUT2D eigenvalue weighted by Gasteiger charge is -2.27. The minimum absolute atomic E-state index is 0.152. The van der Waals surface area contributed by atoms with Crippen molar-refractivity contribution in [3.05, 3.63) is 81.4 Å². The maximum atomic E-state index is 14.0. The summed E-state index contributed by atoms with van der Waals surface area (Å²) in [5.74, 6) is 1.30. The number of nitrogens with zero attached hydrogens (tertiary/aromatic N) is 2. The summed E-state index contributed by atoms with van der Waals surface area (Å²) in [4.78, 5) is 32.7. The van der Waals surface area contributed by atoms with Crippen molar-refractivity contribution >= 4 is 55.2 Å². The van der Waals surface area contributed by atoms with Crippen molar-refractivity contribution in [2.24, 2.45) is 4.99 Å². The van der Waals surface area contributed by atoms with Crippen molar-refractivity contribution in [2.75, 3.05) is 20.5 Å². The Morgan fingerprint density at radius 2 is 1.97 bits per heavy atom. The van der Waals surface area contributed by atoms with Gasteiger partial charge >= 0.3 is 5.97 Å². The molecule has 0 bridgehead atoms. The number of hydrogen-bond donors (Lipinski definition) is 0. The zero-order chi connectivity index (χ0) is 27.0. The number of allylic oxidation sites excluding steroid dienone is 1. The first-order valence-corrected chi connectivity index (χ1v) is 14.4. The number of aromatic nitrogens is 1. The van der Waals surface area contributed by atoms with Crippen molar-refractivity contribution in [3.8, 4) is 17.2 Å². The molecule has 0 fully saturated rings. The molecular weight excluding hydrogens is 640 g/mol. The summed E-state index contributed by atoms with van der Waals surface area (Å²) in [5.41, 5.74) is 2.09. The molecule has 11 heteroatoms. The summed E-state index contributed by atoms with van der Waals surface area (Å²) >= 11 is 8.37. The van der Waals surface area contributed by atoms with Gasteiger partial charge in [0.1, 0.15) is 11.8 Å². The van der Waals surface area contributed by atoms with Crippen LogP contribution in [0.5, 0.6) is 17.2 Å². The van der Waals surface area contributed by atoms with Gasteiger partial charge in [0.05, 0.1) is 29.5 Å². The van der Waals surface area contributed by atoms with Crippen LogP contribution in [0.15, 0.2) is 60.3 Å². The Kier molecular flexibility index (Phi) is 7.78. The van der Waals surface area contributed by atoms with Crippen molar-refractivity contribution in [3.63, 3.8) is 0 Å². The second-order valence-corrected chi connectivity index (χ2v) is 11.3. The maximum absolute atomic E-state index is 14.0. The first-order chi connectivity index (χ1) is 18.4. The average molecular weight is 664 g/mol. The van der Waals surface area contributed by atoms with Gasteiger partial charge in [-0.2, -0.15) is 0 Å². The van der Waals surface area contributed by atoms with E-state index in [1.54, 1.807) is 30.7 Å². The molecule has 8 nitrogen and oxygen atoms in total. The number of carbonyl (C=O) groups excluding carboxylic acids is 1. The molecule has 0 radical (unpaired) electrons. The van der Waals surface area contributed by atoms with E-state index < -0.39 is 12.0 Å². The molecule has 1 atom stereocenters. The highest BCUT2D eigenvalue weighted by molar-refractivity contribution is 9.10. The molecule has 38 heavy (non-hydrogen) atoms. The molecule has 0 unspecified atom stereocenters. The number of hydrogen-bond acceptors (Lipinski definition) is 8. The van der Waals surface area contributed by atoms with Gasteiger partial charge in [0.25, 0.3) is 5.56 Å². The van der Waals surface area contributed by atoms with E-state index in [1.165, 1.54) is 11.3 Å². The number of fused-ring (bicyclic) bond motifs is 2. The molecule has 2 aliphatic heterocycles. The Morgan fingerprint density at radius 1 is 1.21 bits per heavy atom. The van der Waals surface area contributed by atoms with Gasteiger partial charge in [0.2, 0.25) is 6.79 Å². The summed E-state index contributed by atoms with van der Waals surface area (Å²) in [6, 6.07) is 8.39. The number of carbonyl (C=O) groups is 1. The lowest BCUT2D eigenvalue weighted by Crippen LogP contribution is -2.40. The third-order valence-corrected chi connectivity index (χ3v) is 8.32. The predicted octanol–water partition coefficient (Wildman–Crippen LogP) is 4.84. The van der Waals surface area contributed by atoms with Crippen molar-refractivity contribution in [2.45, 2.75) is 32.7 Å². The molecule has 1 aromatic heterocycles. The smallest absolute Gasteiger partial charge is 0.338 e. The third kappa shape index (κ3) is 4.83. The highest BCUT2D eigenvalue weighted by Crippen LogP contribution is 2.39. The molecule has 5 rings (SSSR count). The highest BCUT2D eigenvalue weighted by atomic mass is 79.9. The zero-order valence-corrected chi connectivity index (χ0v) is 24.9. The lowest BCUT2D eigenvalue weighted by molar-refractivity contribution is -0.139. The van der Waals surface area contributed by atoms with E-state index in [4.69, 9.17) is 23.9 Å². The zero-order valence-electron chi connectivity index (χ0n) is 20.9. The Hall–Kier alpha value is -2.89. The molecule has 0 N–H and O–H groups in total. The van der Waals surface area contributed by atoms with E-state index in [0.717, 1.165) is 20.9 Å². The molecule has 2 aliphatic rings. The van der Waals surface area contributed by atoms with Gasteiger partial charge in [-0.3, -0.25) is 9.36 Å². The van der Waals surface area contributed by atoms with E-state index in [0.29, 0.717) is 49.8 Å². The molecular formula is C27H24Br2N2O6S. The summed E-state index contributed by atoms with van der Waals surface area (Å²) in [6.45, 7) is 4.13. The fraction of sp³-hybridized carbons (Fsp3) is 0.296. The van der Waals surface area contributed by atoms with Crippen LogP contribution >= 0.6 is 43.2 Å². The van der Waals surface area contributed by atoms with Gasteiger partial charge in [-0.05, 0) is 55.3 Å². The molecule has 0 saturated heterocycles. The van der Waals surface area contributed by atoms with Crippen LogP contribution in [0.1, 0.15) is 43.9 Å². The van der Waals surface area contributed by atoms with Crippen molar-refractivity contribution in [1.82, 2.24) is 4.57 Å². The summed E-state index contributed by atoms with van der Waals surface area (Å²) in [5, 5.41) is 0. The quantitative estimate of drug-likeness (QED) is 0.336.